The van der Waals surface area contributed by atoms with Crippen LogP contribution in [0.5, 0.6) is 5.75 Å². The third kappa shape index (κ3) is 5.37. The molecule has 35 heavy (non-hydrogen) atoms. The largest absolute Gasteiger partial charge is 0.497 e. The highest BCUT2D eigenvalue weighted by atomic mass is 16.5. The van der Waals surface area contributed by atoms with E-state index in [2.05, 4.69) is 10.3 Å². The lowest BCUT2D eigenvalue weighted by atomic mass is 9.89. The van der Waals surface area contributed by atoms with Crippen LogP contribution in [0.1, 0.15) is 72.8 Å². The molecule has 2 aromatic rings. The maximum atomic E-state index is 13.2. The molecular weight excluding hydrogens is 444 g/mol. The number of likely N-dealkylation sites (tertiary alicyclic amines) is 1. The van der Waals surface area contributed by atoms with Gasteiger partial charge in [0.1, 0.15) is 11.9 Å². The number of methoxy groups -OCH3 is 1. The Labute approximate surface area is 207 Å². The van der Waals surface area contributed by atoms with Crippen molar-refractivity contribution in [3.63, 3.8) is 0 Å². The zero-order valence-electron chi connectivity index (χ0n) is 20.6. The molecule has 2 amide bonds. The van der Waals surface area contributed by atoms with Crippen molar-refractivity contribution in [2.75, 3.05) is 26.7 Å². The molecule has 1 aromatic heterocycles. The van der Waals surface area contributed by atoms with Gasteiger partial charge in [-0.1, -0.05) is 31.4 Å². The predicted molar refractivity (Wildman–Crippen MR) is 131 cm³/mol. The van der Waals surface area contributed by atoms with Crippen molar-refractivity contribution < 1.29 is 19.1 Å². The number of nitrogens with zero attached hydrogens (tertiary/aromatic N) is 3. The smallest absolute Gasteiger partial charge is 0.274 e. The average Bonchev–Trinajstić information content (AvgIpc) is 3.35. The molecule has 2 fully saturated rings. The Bertz CT molecular complexity index is 1020. The summed E-state index contributed by atoms with van der Waals surface area (Å²) < 4.78 is 13.4. The van der Waals surface area contributed by atoms with Crippen molar-refractivity contribution in [1.29, 1.82) is 0 Å². The van der Waals surface area contributed by atoms with Crippen molar-refractivity contribution in [2.45, 2.75) is 64.2 Å². The minimum Gasteiger partial charge on any atom is -0.497 e. The number of carbonyl (C=O) groups excluding carboxylic acids is 2. The molecule has 2 aliphatic heterocycles. The number of benzene rings is 1. The standard InChI is InChI=1S/C27H36N4O4/c1-34-22-9-7-20(8-10-22)24-16-31-18-29-25(23(31)17-35-24)27(33)30-13-11-21(12-14-30)26(32)28-15-19-5-3-2-4-6-19/h7-10,18-19,21,24H,2-6,11-17H2,1H3,(H,28,32)/t24-/m1/s1. The molecular formula is C27H36N4O4. The van der Waals surface area contributed by atoms with E-state index in [1.54, 1.807) is 13.4 Å². The summed E-state index contributed by atoms with van der Waals surface area (Å²) in [5.41, 5.74) is 2.37. The molecule has 1 N–H and O–H groups in total. The van der Waals surface area contributed by atoms with E-state index in [-0.39, 0.29) is 23.8 Å². The molecule has 3 heterocycles. The molecule has 1 aliphatic carbocycles. The van der Waals surface area contributed by atoms with E-state index in [0.717, 1.165) is 23.6 Å². The predicted octanol–water partition coefficient (Wildman–Crippen LogP) is 3.71. The van der Waals surface area contributed by atoms with Gasteiger partial charge in [-0.2, -0.15) is 0 Å². The molecule has 1 aromatic carbocycles. The highest BCUT2D eigenvalue weighted by Crippen LogP contribution is 2.30. The molecule has 1 atom stereocenters. The number of aromatic nitrogens is 2. The quantitative estimate of drug-likeness (QED) is 0.681. The van der Waals surface area contributed by atoms with E-state index in [1.807, 2.05) is 33.7 Å². The fourth-order valence-electron chi connectivity index (χ4n) is 5.60. The summed E-state index contributed by atoms with van der Waals surface area (Å²) in [6, 6.07) is 7.87. The highest BCUT2D eigenvalue weighted by molar-refractivity contribution is 5.93. The summed E-state index contributed by atoms with van der Waals surface area (Å²) in [4.78, 5) is 32.2. The van der Waals surface area contributed by atoms with Crippen molar-refractivity contribution in [3.8, 4) is 5.75 Å². The van der Waals surface area contributed by atoms with Crippen LogP contribution < -0.4 is 10.1 Å². The van der Waals surface area contributed by atoms with Crippen LogP contribution in [-0.2, 0) is 22.7 Å². The first-order chi connectivity index (χ1) is 17.1. The van der Waals surface area contributed by atoms with Gasteiger partial charge in [-0.05, 0) is 49.3 Å². The van der Waals surface area contributed by atoms with Gasteiger partial charge < -0.3 is 24.3 Å². The van der Waals surface area contributed by atoms with E-state index < -0.39 is 0 Å². The van der Waals surface area contributed by atoms with Gasteiger partial charge >= 0.3 is 0 Å². The summed E-state index contributed by atoms with van der Waals surface area (Å²) in [7, 11) is 1.65. The first-order valence-corrected chi connectivity index (χ1v) is 13.0. The molecule has 8 heteroatoms. The Morgan fingerprint density at radius 2 is 1.83 bits per heavy atom. The lowest BCUT2D eigenvalue weighted by molar-refractivity contribution is -0.126. The Morgan fingerprint density at radius 1 is 1.09 bits per heavy atom. The summed E-state index contributed by atoms with van der Waals surface area (Å²) in [6.45, 7) is 2.93. The third-order valence-electron chi connectivity index (χ3n) is 7.86. The number of amides is 2. The molecule has 0 bridgehead atoms. The molecule has 3 aliphatic rings. The fraction of sp³-hybridized carbons (Fsp3) is 0.593. The Hall–Kier alpha value is -2.87. The zero-order chi connectivity index (χ0) is 24.2. The lowest BCUT2D eigenvalue weighted by Crippen LogP contribution is -2.44. The van der Waals surface area contributed by atoms with Crippen LogP contribution in [0.3, 0.4) is 0 Å². The van der Waals surface area contributed by atoms with E-state index in [4.69, 9.17) is 9.47 Å². The molecule has 0 radical (unpaired) electrons. The van der Waals surface area contributed by atoms with E-state index in [1.165, 1.54) is 32.1 Å². The second-order valence-corrected chi connectivity index (χ2v) is 10.1. The second kappa shape index (κ2) is 10.8. The van der Waals surface area contributed by atoms with Gasteiger partial charge in [0.15, 0.2) is 5.69 Å². The number of imidazole rings is 1. The topological polar surface area (TPSA) is 85.7 Å². The SMILES string of the molecule is COc1ccc([C@H]2Cn3cnc(C(=O)N4CCC(C(=O)NCC5CCCCC5)CC4)c3CO2)cc1. The second-order valence-electron chi connectivity index (χ2n) is 10.1. The van der Waals surface area contributed by atoms with E-state index in [9.17, 15) is 9.59 Å². The molecule has 1 saturated carbocycles. The number of carbonyl (C=O) groups is 2. The number of rotatable bonds is 6. The molecule has 0 unspecified atom stereocenters. The van der Waals surface area contributed by atoms with Crippen LogP contribution in [0.15, 0.2) is 30.6 Å². The van der Waals surface area contributed by atoms with Gasteiger partial charge in [-0.25, -0.2) is 4.98 Å². The minimum atomic E-state index is -0.0894. The monoisotopic (exact) mass is 480 g/mol. The number of nitrogens with one attached hydrogen (secondary N) is 1. The maximum Gasteiger partial charge on any atom is 0.274 e. The molecule has 1 saturated heterocycles. The fourth-order valence-corrected chi connectivity index (χ4v) is 5.60. The zero-order valence-corrected chi connectivity index (χ0v) is 20.6. The molecule has 0 spiro atoms. The maximum absolute atomic E-state index is 13.2. The van der Waals surface area contributed by atoms with Gasteiger partial charge in [0.05, 0.1) is 32.3 Å². The summed E-state index contributed by atoms with van der Waals surface area (Å²) >= 11 is 0. The summed E-state index contributed by atoms with van der Waals surface area (Å²) in [5, 5.41) is 3.18. The number of hydrogen-bond donors (Lipinski definition) is 1. The Balaban J connectivity index is 1.13. The van der Waals surface area contributed by atoms with E-state index in [0.29, 0.717) is 50.7 Å². The number of fused-ring (bicyclic) bond motifs is 1. The van der Waals surface area contributed by atoms with Gasteiger partial charge in [-0.3, -0.25) is 9.59 Å². The van der Waals surface area contributed by atoms with Crippen molar-refractivity contribution in [2.24, 2.45) is 11.8 Å². The Kier molecular flexibility index (Phi) is 7.37. The first kappa shape index (κ1) is 23.9. The average molecular weight is 481 g/mol. The number of hydrogen-bond acceptors (Lipinski definition) is 5. The highest BCUT2D eigenvalue weighted by Gasteiger charge is 2.32. The minimum absolute atomic E-state index is 0.00728. The molecule has 188 valence electrons. The van der Waals surface area contributed by atoms with Gasteiger partial charge in [0.2, 0.25) is 5.91 Å². The third-order valence-corrected chi connectivity index (χ3v) is 7.86. The molecule has 5 rings (SSSR count). The van der Waals surface area contributed by atoms with Gasteiger partial charge in [0.25, 0.3) is 5.91 Å². The van der Waals surface area contributed by atoms with Crippen LogP contribution in [-0.4, -0.2) is 53.0 Å². The number of ether oxygens (including phenoxy) is 2. The van der Waals surface area contributed by atoms with Crippen LogP contribution in [0.25, 0.3) is 0 Å². The van der Waals surface area contributed by atoms with Crippen LogP contribution in [0.4, 0.5) is 0 Å². The van der Waals surface area contributed by atoms with Crippen molar-refractivity contribution in [1.82, 2.24) is 19.8 Å². The van der Waals surface area contributed by atoms with E-state index >= 15 is 0 Å². The summed E-state index contributed by atoms with van der Waals surface area (Å²) in [5.74, 6) is 1.53. The number of piperidine rings is 1. The Morgan fingerprint density at radius 3 is 2.54 bits per heavy atom. The summed E-state index contributed by atoms with van der Waals surface area (Å²) in [6.07, 6.45) is 9.41. The lowest BCUT2D eigenvalue weighted by Gasteiger charge is -2.32. The molecule has 8 nitrogen and oxygen atoms in total. The first-order valence-electron chi connectivity index (χ1n) is 13.0. The van der Waals surface area contributed by atoms with Gasteiger partial charge in [-0.15, -0.1) is 0 Å². The van der Waals surface area contributed by atoms with Crippen LogP contribution in [0.2, 0.25) is 0 Å². The van der Waals surface area contributed by atoms with Crippen LogP contribution in [0, 0.1) is 11.8 Å². The van der Waals surface area contributed by atoms with Crippen molar-refractivity contribution in [3.05, 3.63) is 47.5 Å². The van der Waals surface area contributed by atoms with Crippen LogP contribution >= 0.6 is 0 Å². The van der Waals surface area contributed by atoms with Crippen molar-refractivity contribution >= 4 is 11.8 Å². The normalized spacial score (nSPS) is 21.4. The van der Waals surface area contributed by atoms with Gasteiger partial charge in [0, 0.05) is 25.6 Å².